The highest BCUT2D eigenvalue weighted by Crippen LogP contribution is 2.30. The number of rotatable bonds is 4. The molecule has 0 spiro atoms. The molecule has 0 atom stereocenters. The number of aromatic nitrogens is 1. The summed E-state index contributed by atoms with van der Waals surface area (Å²) in [6.07, 6.45) is 0.997. The minimum Gasteiger partial charge on any atom is -0.464 e. The summed E-state index contributed by atoms with van der Waals surface area (Å²) >= 11 is 6.04. The van der Waals surface area contributed by atoms with Crippen LogP contribution in [0.3, 0.4) is 0 Å². The number of carbonyl (C=O) groups is 3. The van der Waals surface area contributed by atoms with Gasteiger partial charge in [-0.15, -0.1) is 0 Å². The molecule has 25 heavy (non-hydrogen) atoms. The monoisotopic (exact) mass is 364 g/mol. The van der Waals surface area contributed by atoms with E-state index >= 15 is 0 Å². The second kappa shape index (κ2) is 7.25. The number of halogens is 1. The molecule has 1 amide bonds. The Hall–Kier alpha value is -2.38. The maximum absolute atomic E-state index is 12.4. The van der Waals surface area contributed by atoms with Crippen LogP contribution in [0.25, 0.3) is 10.9 Å². The fourth-order valence-corrected chi connectivity index (χ4v) is 3.19. The van der Waals surface area contributed by atoms with Crippen LogP contribution in [0.5, 0.6) is 0 Å². The van der Waals surface area contributed by atoms with Crippen molar-refractivity contribution in [3.8, 4) is 0 Å². The van der Waals surface area contributed by atoms with Crippen molar-refractivity contribution in [1.82, 2.24) is 4.98 Å². The van der Waals surface area contributed by atoms with Crippen molar-refractivity contribution in [3.05, 3.63) is 28.9 Å². The van der Waals surface area contributed by atoms with E-state index in [0.29, 0.717) is 47.5 Å². The molecule has 0 aliphatic carbocycles. The molecule has 0 unspecified atom stereocenters. The zero-order chi connectivity index (χ0) is 18.0. The normalized spacial score (nSPS) is 15.4. The van der Waals surface area contributed by atoms with Crippen molar-refractivity contribution in [2.75, 3.05) is 32.1 Å². The van der Waals surface area contributed by atoms with Crippen molar-refractivity contribution in [2.45, 2.75) is 12.8 Å². The molecule has 2 heterocycles. The van der Waals surface area contributed by atoms with Gasteiger partial charge in [-0.3, -0.25) is 9.59 Å². The van der Waals surface area contributed by atoms with Crippen LogP contribution in [0.4, 0.5) is 5.69 Å². The zero-order valence-corrected chi connectivity index (χ0v) is 14.5. The second-order valence-electron chi connectivity index (χ2n) is 6.07. The van der Waals surface area contributed by atoms with Gasteiger partial charge in [-0.25, -0.2) is 4.79 Å². The van der Waals surface area contributed by atoms with Crippen molar-refractivity contribution >= 4 is 45.9 Å². The maximum Gasteiger partial charge on any atom is 0.356 e. The first-order chi connectivity index (χ1) is 12.0. The standard InChI is InChI=1S/C17H18ClN3O4/c1-25-17(24)16-15(12-8-10(18)2-3-13(12)19-16)20-14(23)9-21-6-4-11(22)5-7-21/h2-3,8,19H,4-7,9H2,1H3,(H,20,23)/p+1. The van der Waals surface area contributed by atoms with Crippen LogP contribution in [-0.4, -0.2) is 49.4 Å². The molecule has 1 aliphatic rings. The lowest BCUT2D eigenvalue weighted by Crippen LogP contribution is -3.14. The van der Waals surface area contributed by atoms with E-state index in [1.807, 2.05) is 0 Å². The van der Waals surface area contributed by atoms with Crippen molar-refractivity contribution in [2.24, 2.45) is 0 Å². The third kappa shape index (κ3) is 3.83. The number of amides is 1. The number of benzene rings is 1. The largest absolute Gasteiger partial charge is 0.464 e. The number of ether oxygens (including phenoxy) is 1. The van der Waals surface area contributed by atoms with Gasteiger partial charge < -0.3 is 19.9 Å². The van der Waals surface area contributed by atoms with Crippen LogP contribution in [0.2, 0.25) is 5.02 Å². The number of aromatic amines is 1. The first kappa shape index (κ1) is 17.4. The van der Waals surface area contributed by atoms with Gasteiger partial charge in [0, 0.05) is 15.9 Å². The summed E-state index contributed by atoms with van der Waals surface area (Å²) in [5.41, 5.74) is 1.22. The highest BCUT2D eigenvalue weighted by Gasteiger charge is 2.24. The van der Waals surface area contributed by atoms with Crippen molar-refractivity contribution in [3.63, 3.8) is 0 Å². The fourth-order valence-electron chi connectivity index (χ4n) is 3.02. The number of Topliss-reactive ketones (excluding diaryl/α,β-unsaturated/α-hetero) is 1. The lowest BCUT2D eigenvalue weighted by Gasteiger charge is -2.22. The first-order valence-corrected chi connectivity index (χ1v) is 8.40. The molecular formula is C17H19ClN3O4+. The van der Waals surface area contributed by atoms with E-state index in [2.05, 4.69) is 10.3 Å². The van der Waals surface area contributed by atoms with E-state index in [9.17, 15) is 14.4 Å². The van der Waals surface area contributed by atoms with Gasteiger partial charge in [0.05, 0.1) is 38.7 Å². The summed E-state index contributed by atoms with van der Waals surface area (Å²) in [5.74, 6) is -0.558. The number of hydrogen-bond donors (Lipinski definition) is 3. The summed E-state index contributed by atoms with van der Waals surface area (Å²) in [7, 11) is 1.28. The molecule has 8 heteroatoms. The molecule has 1 aliphatic heterocycles. The SMILES string of the molecule is COC(=O)c1[nH]c2ccc(Cl)cc2c1NC(=O)C[NH+]1CCC(=O)CC1. The summed E-state index contributed by atoms with van der Waals surface area (Å²) in [6, 6.07) is 5.12. The quantitative estimate of drug-likeness (QED) is 0.699. The molecule has 0 bridgehead atoms. The average Bonchev–Trinajstić information content (AvgIpc) is 2.94. The van der Waals surface area contributed by atoms with E-state index < -0.39 is 5.97 Å². The van der Waals surface area contributed by atoms with Gasteiger partial charge in [0.1, 0.15) is 11.5 Å². The number of likely N-dealkylation sites (tertiary alicyclic amines) is 1. The van der Waals surface area contributed by atoms with Crippen LogP contribution in [-0.2, 0) is 14.3 Å². The predicted octanol–water partition coefficient (Wildman–Crippen LogP) is 0.794. The van der Waals surface area contributed by atoms with Gasteiger partial charge in [0.25, 0.3) is 5.91 Å². The lowest BCUT2D eigenvalue weighted by atomic mass is 10.1. The number of quaternary nitrogens is 1. The topological polar surface area (TPSA) is 92.7 Å². The van der Waals surface area contributed by atoms with Crippen LogP contribution >= 0.6 is 11.6 Å². The molecule has 7 nitrogen and oxygen atoms in total. The Balaban J connectivity index is 1.83. The van der Waals surface area contributed by atoms with Crippen molar-refractivity contribution < 1.29 is 24.0 Å². The van der Waals surface area contributed by atoms with E-state index in [-0.39, 0.29) is 23.9 Å². The number of nitrogens with one attached hydrogen (secondary N) is 3. The van der Waals surface area contributed by atoms with Crippen LogP contribution < -0.4 is 10.2 Å². The highest BCUT2D eigenvalue weighted by molar-refractivity contribution is 6.31. The molecule has 3 N–H and O–H groups in total. The lowest BCUT2D eigenvalue weighted by molar-refractivity contribution is -0.893. The van der Waals surface area contributed by atoms with Crippen LogP contribution in [0.1, 0.15) is 23.3 Å². The number of ketones is 1. The van der Waals surface area contributed by atoms with E-state index in [1.165, 1.54) is 7.11 Å². The maximum atomic E-state index is 12.4. The summed E-state index contributed by atoms with van der Waals surface area (Å²) < 4.78 is 4.78. The number of fused-ring (bicyclic) bond motifs is 1. The smallest absolute Gasteiger partial charge is 0.356 e. The Kier molecular flexibility index (Phi) is 5.06. The molecule has 132 valence electrons. The number of H-pyrrole nitrogens is 1. The Morgan fingerprint density at radius 3 is 2.72 bits per heavy atom. The number of carbonyl (C=O) groups excluding carboxylic acids is 3. The van der Waals surface area contributed by atoms with E-state index in [0.717, 1.165) is 4.90 Å². The summed E-state index contributed by atoms with van der Waals surface area (Å²) in [4.78, 5) is 39.8. The third-order valence-corrected chi connectivity index (χ3v) is 4.57. The Morgan fingerprint density at radius 1 is 1.32 bits per heavy atom. The highest BCUT2D eigenvalue weighted by atomic mass is 35.5. The summed E-state index contributed by atoms with van der Waals surface area (Å²) in [6.45, 7) is 1.53. The third-order valence-electron chi connectivity index (χ3n) is 4.34. The van der Waals surface area contributed by atoms with E-state index in [1.54, 1.807) is 18.2 Å². The van der Waals surface area contributed by atoms with Gasteiger partial charge in [0.15, 0.2) is 6.54 Å². The van der Waals surface area contributed by atoms with Crippen molar-refractivity contribution in [1.29, 1.82) is 0 Å². The number of hydrogen-bond acceptors (Lipinski definition) is 4. The van der Waals surface area contributed by atoms with Crippen LogP contribution in [0.15, 0.2) is 18.2 Å². The Morgan fingerprint density at radius 2 is 2.04 bits per heavy atom. The minimum atomic E-state index is -0.571. The van der Waals surface area contributed by atoms with Crippen LogP contribution in [0, 0.1) is 0 Å². The van der Waals surface area contributed by atoms with Gasteiger partial charge in [0.2, 0.25) is 0 Å². The zero-order valence-electron chi connectivity index (χ0n) is 13.8. The van der Waals surface area contributed by atoms with E-state index in [4.69, 9.17) is 16.3 Å². The molecule has 2 aromatic rings. The second-order valence-corrected chi connectivity index (χ2v) is 6.51. The Labute approximate surface area is 149 Å². The van der Waals surface area contributed by atoms with Gasteiger partial charge >= 0.3 is 5.97 Å². The first-order valence-electron chi connectivity index (χ1n) is 8.02. The molecule has 0 radical (unpaired) electrons. The number of anilines is 1. The Bertz CT molecular complexity index is 836. The summed E-state index contributed by atoms with van der Waals surface area (Å²) in [5, 5.41) is 3.94. The molecule has 1 fully saturated rings. The van der Waals surface area contributed by atoms with Gasteiger partial charge in [-0.05, 0) is 18.2 Å². The molecule has 1 saturated heterocycles. The average molecular weight is 365 g/mol. The predicted molar refractivity (Wildman–Crippen MR) is 93.1 cm³/mol. The molecule has 0 saturated carbocycles. The molecule has 1 aromatic carbocycles. The van der Waals surface area contributed by atoms with Gasteiger partial charge in [-0.1, -0.05) is 11.6 Å². The number of piperidine rings is 1. The molecule has 3 rings (SSSR count). The minimum absolute atomic E-state index is 0.178. The fraction of sp³-hybridized carbons (Fsp3) is 0.353. The number of esters is 1. The molecular weight excluding hydrogens is 346 g/mol. The number of methoxy groups -OCH3 is 1. The molecule has 1 aromatic heterocycles. The van der Waals surface area contributed by atoms with Gasteiger partial charge in [-0.2, -0.15) is 0 Å².